The molecule has 1 aromatic carbocycles. The molecule has 0 unspecified atom stereocenters. The number of rotatable bonds is 7. The summed E-state index contributed by atoms with van der Waals surface area (Å²) in [5.41, 5.74) is 1.10. The van der Waals surface area contributed by atoms with Gasteiger partial charge in [0.1, 0.15) is 5.75 Å². The third-order valence-electron chi connectivity index (χ3n) is 3.08. The van der Waals surface area contributed by atoms with Crippen LogP contribution in [-0.2, 0) is 0 Å². The Morgan fingerprint density at radius 2 is 1.86 bits per heavy atom. The smallest absolute Gasteiger partial charge is 0.258 e. The second-order valence-corrected chi connectivity index (χ2v) is 4.76. The van der Waals surface area contributed by atoms with E-state index in [-0.39, 0.29) is 5.91 Å². The van der Waals surface area contributed by atoms with Gasteiger partial charge in [-0.1, -0.05) is 13.3 Å². The molecule has 2 rings (SSSR count). The maximum absolute atomic E-state index is 12.1. The van der Waals surface area contributed by atoms with E-state index in [1.54, 1.807) is 31.4 Å². The number of anilines is 2. The summed E-state index contributed by atoms with van der Waals surface area (Å²) in [5, 5.41) is 5.89. The number of amides is 1. The number of aromatic nitrogens is 2. The number of ether oxygens (including phenoxy) is 1. The first-order valence-electron chi connectivity index (χ1n) is 7.24. The molecule has 116 valence electrons. The molecule has 0 aliphatic rings. The molecule has 2 aromatic rings. The topological polar surface area (TPSA) is 76.1 Å². The van der Waals surface area contributed by atoms with Gasteiger partial charge in [-0.2, -0.15) is 0 Å². The third kappa shape index (κ3) is 4.44. The van der Waals surface area contributed by atoms with Gasteiger partial charge in [-0.15, -0.1) is 0 Å². The van der Waals surface area contributed by atoms with E-state index >= 15 is 0 Å². The number of carbonyl (C=O) groups excluding carboxylic acids is 1. The van der Waals surface area contributed by atoms with Crippen LogP contribution in [0.2, 0.25) is 0 Å². The number of carbonyl (C=O) groups is 1. The zero-order valence-electron chi connectivity index (χ0n) is 12.8. The van der Waals surface area contributed by atoms with Gasteiger partial charge in [0, 0.05) is 24.6 Å². The lowest BCUT2D eigenvalue weighted by Gasteiger charge is -2.07. The minimum absolute atomic E-state index is 0.245. The number of nitrogens with one attached hydrogen (secondary N) is 2. The SMILES string of the molecule is CCCCNc1ncc(C(=O)Nc2ccc(OC)cc2)cn1. The first kappa shape index (κ1) is 15.8. The van der Waals surface area contributed by atoms with Crippen LogP contribution in [0.25, 0.3) is 0 Å². The van der Waals surface area contributed by atoms with E-state index in [1.165, 1.54) is 12.4 Å². The first-order valence-corrected chi connectivity index (χ1v) is 7.24. The van der Waals surface area contributed by atoms with Gasteiger partial charge >= 0.3 is 0 Å². The molecule has 0 saturated heterocycles. The predicted molar refractivity (Wildman–Crippen MR) is 86.4 cm³/mol. The van der Waals surface area contributed by atoms with Crippen LogP contribution in [0.5, 0.6) is 5.75 Å². The molecular formula is C16H20N4O2. The predicted octanol–water partition coefficient (Wildman–Crippen LogP) is 2.95. The highest BCUT2D eigenvalue weighted by molar-refractivity contribution is 6.03. The molecule has 0 bridgehead atoms. The van der Waals surface area contributed by atoms with E-state index in [2.05, 4.69) is 27.5 Å². The van der Waals surface area contributed by atoms with E-state index in [9.17, 15) is 4.79 Å². The Kier molecular flexibility index (Phi) is 5.71. The van der Waals surface area contributed by atoms with Gasteiger partial charge < -0.3 is 15.4 Å². The molecule has 1 amide bonds. The Morgan fingerprint density at radius 3 is 2.45 bits per heavy atom. The summed E-state index contributed by atoms with van der Waals surface area (Å²) in [4.78, 5) is 20.4. The van der Waals surface area contributed by atoms with E-state index in [0.29, 0.717) is 17.2 Å². The molecule has 2 N–H and O–H groups in total. The zero-order valence-corrected chi connectivity index (χ0v) is 12.8. The number of hydrogen-bond acceptors (Lipinski definition) is 5. The molecule has 1 heterocycles. The molecule has 6 heteroatoms. The molecular weight excluding hydrogens is 280 g/mol. The molecule has 0 fully saturated rings. The number of benzene rings is 1. The first-order chi connectivity index (χ1) is 10.7. The van der Waals surface area contributed by atoms with Crippen molar-refractivity contribution in [2.24, 2.45) is 0 Å². The Labute approximate surface area is 129 Å². The molecule has 0 radical (unpaired) electrons. The molecule has 0 spiro atoms. The van der Waals surface area contributed by atoms with Crippen LogP contribution in [0.1, 0.15) is 30.1 Å². The lowest BCUT2D eigenvalue weighted by atomic mass is 10.2. The molecule has 0 atom stereocenters. The van der Waals surface area contributed by atoms with Gasteiger partial charge in [-0.05, 0) is 30.7 Å². The second-order valence-electron chi connectivity index (χ2n) is 4.76. The van der Waals surface area contributed by atoms with Gasteiger partial charge in [-0.25, -0.2) is 9.97 Å². The van der Waals surface area contributed by atoms with Crippen molar-refractivity contribution in [2.75, 3.05) is 24.3 Å². The minimum Gasteiger partial charge on any atom is -0.497 e. The van der Waals surface area contributed by atoms with Crippen molar-refractivity contribution in [3.63, 3.8) is 0 Å². The highest BCUT2D eigenvalue weighted by Gasteiger charge is 2.07. The summed E-state index contributed by atoms with van der Waals surface area (Å²) in [5.74, 6) is 1.03. The fourth-order valence-corrected chi connectivity index (χ4v) is 1.79. The van der Waals surface area contributed by atoms with Crippen molar-refractivity contribution in [1.82, 2.24) is 9.97 Å². The Balaban J connectivity index is 1.94. The fourth-order valence-electron chi connectivity index (χ4n) is 1.79. The monoisotopic (exact) mass is 300 g/mol. The minimum atomic E-state index is -0.245. The van der Waals surface area contributed by atoms with Crippen LogP contribution in [0.4, 0.5) is 11.6 Å². The van der Waals surface area contributed by atoms with Crippen molar-refractivity contribution in [1.29, 1.82) is 0 Å². The average molecular weight is 300 g/mol. The van der Waals surface area contributed by atoms with Crippen LogP contribution < -0.4 is 15.4 Å². The normalized spacial score (nSPS) is 10.1. The number of methoxy groups -OCH3 is 1. The summed E-state index contributed by atoms with van der Waals surface area (Å²) < 4.78 is 5.07. The lowest BCUT2D eigenvalue weighted by molar-refractivity contribution is 0.102. The fraction of sp³-hybridized carbons (Fsp3) is 0.312. The van der Waals surface area contributed by atoms with Gasteiger partial charge in [0.15, 0.2) is 0 Å². The molecule has 1 aromatic heterocycles. The van der Waals surface area contributed by atoms with Crippen LogP contribution in [0.3, 0.4) is 0 Å². The maximum Gasteiger partial charge on any atom is 0.258 e. The van der Waals surface area contributed by atoms with Crippen LogP contribution >= 0.6 is 0 Å². The van der Waals surface area contributed by atoms with E-state index in [4.69, 9.17) is 4.74 Å². The van der Waals surface area contributed by atoms with Crippen molar-refractivity contribution in [2.45, 2.75) is 19.8 Å². The molecule has 6 nitrogen and oxygen atoms in total. The Morgan fingerprint density at radius 1 is 1.18 bits per heavy atom. The van der Waals surface area contributed by atoms with Gasteiger partial charge in [-0.3, -0.25) is 4.79 Å². The molecule has 0 saturated carbocycles. The van der Waals surface area contributed by atoms with Crippen molar-refractivity contribution in [3.8, 4) is 5.75 Å². The van der Waals surface area contributed by atoms with E-state index in [1.807, 2.05) is 0 Å². The summed E-state index contributed by atoms with van der Waals surface area (Å²) in [7, 11) is 1.60. The van der Waals surface area contributed by atoms with Crippen molar-refractivity contribution in [3.05, 3.63) is 42.2 Å². The number of unbranched alkanes of at least 4 members (excludes halogenated alkanes) is 1. The number of nitrogens with zero attached hydrogens (tertiary/aromatic N) is 2. The van der Waals surface area contributed by atoms with Gasteiger partial charge in [0.25, 0.3) is 5.91 Å². The maximum atomic E-state index is 12.1. The Hall–Kier alpha value is -2.63. The molecule has 22 heavy (non-hydrogen) atoms. The van der Waals surface area contributed by atoms with Gasteiger partial charge in [0.2, 0.25) is 5.95 Å². The summed E-state index contributed by atoms with van der Waals surface area (Å²) in [6.07, 6.45) is 5.19. The second kappa shape index (κ2) is 7.97. The molecule has 0 aliphatic carbocycles. The van der Waals surface area contributed by atoms with Crippen LogP contribution in [0, 0.1) is 0 Å². The lowest BCUT2D eigenvalue weighted by Crippen LogP contribution is -2.13. The van der Waals surface area contributed by atoms with Gasteiger partial charge in [0.05, 0.1) is 12.7 Å². The van der Waals surface area contributed by atoms with E-state index < -0.39 is 0 Å². The summed E-state index contributed by atoms with van der Waals surface area (Å²) in [6.45, 7) is 2.95. The zero-order chi connectivity index (χ0) is 15.8. The quantitative estimate of drug-likeness (QED) is 0.769. The van der Waals surface area contributed by atoms with Crippen molar-refractivity contribution >= 4 is 17.5 Å². The van der Waals surface area contributed by atoms with E-state index in [0.717, 1.165) is 25.1 Å². The average Bonchev–Trinajstić information content (AvgIpc) is 2.56. The molecule has 0 aliphatic heterocycles. The largest absolute Gasteiger partial charge is 0.497 e. The van der Waals surface area contributed by atoms with Crippen LogP contribution in [0.15, 0.2) is 36.7 Å². The standard InChI is InChI=1S/C16H20N4O2/c1-3-4-9-17-16-18-10-12(11-19-16)15(21)20-13-5-7-14(22-2)8-6-13/h5-8,10-11H,3-4,9H2,1-2H3,(H,20,21)(H,17,18,19). The number of hydrogen-bond donors (Lipinski definition) is 2. The van der Waals surface area contributed by atoms with Crippen molar-refractivity contribution < 1.29 is 9.53 Å². The third-order valence-corrected chi connectivity index (χ3v) is 3.08. The summed E-state index contributed by atoms with van der Waals surface area (Å²) >= 11 is 0. The summed E-state index contributed by atoms with van der Waals surface area (Å²) in [6, 6.07) is 7.12. The van der Waals surface area contributed by atoms with Crippen LogP contribution in [-0.4, -0.2) is 29.5 Å². The highest BCUT2D eigenvalue weighted by atomic mass is 16.5. The highest BCUT2D eigenvalue weighted by Crippen LogP contribution is 2.15. The Bertz CT molecular complexity index is 597.